The molecule has 0 N–H and O–H groups in total. The highest BCUT2D eigenvalue weighted by Gasteiger charge is 2.06. The number of benzene rings is 1. The van der Waals surface area contributed by atoms with Crippen molar-refractivity contribution in [2.75, 3.05) is 0 Å². The van der Waals surface area contributed by atoms with E-state index in [1.54, 1.807) is 13.0 Å². The molecule has 0 atom stereocenters. The maximum Gasteiger partial charge on any atom is 0.126 e. The molecule has 0 nitrogen and oxygen atoms in total. The number of hydrogen-bond donors (Lipinski definition) is 0. The quantitative estimate of drug-likeness (QED) is 0.632. The van der Waals surface area contributed by atoms with Crippen molar-refractivity contribution >= 4 is 5.57 Å². The van der Waals surface area contributed by atoms with E-state index < -0.39 is 5.83 Å². The highest BCUT2D eigenvalue weighted by Crippen LogP contribution is 2.24. The predicted molar refractivity (Wildman–Crippen MR) is 70.9 cm³/mol. The molecule has 1 rings (SSSR count). The Labute approximate surface area is 102 Å². The molecule has 0 saturated heterocycles. The highest BCUT2D eigenvalue weighted by atomic mass is 19.1. The fourth-order valence-corrected chi connectivity index (χ4v) is 1.27. The molecule has 0 bridgehead atoms. The van der Waals surface area contributed by atoms with Gasteiger partial charge in [0.05, 0.1) is 0 Å². The van der Waals surface area contributed by atoms with Crippen molar-refractivity contribution in [2.45, 2.75) is 20.8 Å². The van der Waals surface area contributed by atoms with Crippen LogP contribution in [-0.2, 0) is 0 Å². The van der Waals surface area contributed by atoms with Crippen molar-refractivity contribution in [3.63, 3.8) is 0 Å². The van der Waals surface area contributed by atoms with E-state index in [0.717, 1.165) is 0 Å². The minimum atomic E-state index is -0.555. The van der Waals surface area contributed by atoms with E-state index in [4.69, 9.17) is 0 Å². The van der Waals surface area contributed by atoms with E-state index in [1.807, 2.05) is 13.8 Å². The van der Waals surface area contributed by atoms with Gasteiger partial charge in [0.2, 0.25) is 0 Å². The summed E-state index contributed by atoms with van der Waals surface area (Å²) in [5.41, 5.74) is 1.40. The molecule has 0 aliphatic carbocycles. The number of rotatable bonds is 3. The summed E-state index contributed by atoms with van der Waals surface area (Å²) >= 11 is 0. The number of allylic oxidation sites excluding steroid dienone is 4. The topological polar surface area (TPSA) is 0 Å². The number of aryl methyl sites for hydroxylation is 1. The second kappa shape index (κ2) is 7.55. The largest absolute Gasteiger partial charge is 0.207 e. The number of halogens is 2. The van der Waals surface area contributed by atoms with Gasteiger partial charge in [-0.1, -0.05) is 45.2 Å². The van der Waals surface area contributed by atoms with Crippen molar-refractivity contribution in [1.29, 1.82) is 0 Å². The maximum atomic E-state index is 13.1. The summed E-state index contributed by atoms with van der Waals surface area (Å²) in [6, 6.07) is 4.41. The standard InChI is InChI=1S/C13H12F2.C2H6/c1-4-5-12(10(3)14)11-6-7-13(15)9(2)8-11;1-2/h4-8H,1,3H2,2H3;1-2H3/b12-5+;. The third-order valence-electron chi connectivity index (χ3n) is 2.05. The third kappa shape index (κ3) is 4.35. The second-order valence-corrected chi connectivity index (χ2v) is 3.18. The molecular weight excluding hydrogens is 218 g/mol. The third-order valence-corrected chi connectivity index (χ3v) is 2.05. The summed E-state index contributed by atoms with van der Waals surface area (Å²) in [6.07, 6.45) is 2.98. The Morgan fingerprint density at radius 3 is 2.29 bits per heavy atom. The van der Waals surface area contributed by atoms with Crippen LogP contribution in [0.25, 0.3) is 5.57 Å². The molecule has 17 heavy (non-hydrogen) atoms. The van der Waals surface area contributed by atoms with Gasteiger partial charge in [-0.2, -0.15) is 0 Å². The summed E-state index contributed by atoms with van der Waals surface area (Å²) < 4.78 is 26.1. The SMILES string of the molecule is C=C/C=C(\C(=C)F)c1ccc(F)c(C)c1.CC. The maximum absolute atomic E-state index is 13.1. The van der Waals surface area contributed by atoms with Crippen LogP contribution in [0.5, 0.6) is 0 Å². The Morgan fingerprint density at radius 1 is 1.29 bits per heavy atom. The van der Waals surface area contributed by atoms with Crippen molar-refractivity contribution in [1.82, 2.24) is 0 Å². The normalized spacial score (nSPS) is 10.3. The molecule has 0 amide bonds. The van der Waals surface area contributed by atoms with Crippen molar-refractivity contribution < 1.29 is 8.78 Å². The zero-order valence-corrected chi connectivity index (χ0v) is 10.6. The molecule has 0 fully saturated rings. The molecule has 2 heteroatoms. The van der Waals surface area contributed by atoms with E-state index in [1.165, 1.54) is 24.3 Å². The van der Waals surface area contributed by atoms with Crippen molar-refractivity contribution in [2.24, 2.45) is 0 Å². The Morgan fingerprint density at radius 2 is 1.88 bits per heavy atom. The molecule has 0 aliphatic heterocycles. The van der Waals surface area contributed by atoms with Crippen LogP contribution in [0.3, 0.4) is 0 Å². The first kappa shape index (κ1) is 15.3. The smallest absolute Gasteiger partial charge is 0.126 e. The molecule has 0 saturated carbocycles. The summed E-state index contributed by atoms with van der Waals surface area (Å²) in [5.74, 6) is -0.859. The predicted octanol–water partition coefficient (Wildman–Crippen LogP) is 5.21. The lowest BCUT2D eigenvalue weighted by Crippen LogP contribution is -1.88. The monoisotopic (exact) mass is 236 g/mol. The van der Waals surface area contributed by atoms with Crippen molar-refractivity contribution in [3.8, 4) is 0 Å². The van der Waals surface area contributed by atoms with Gasteiger partial charge in [0, 0.05) is 5.57 Å². The second-order valence-electron chi connectivity index (χ2n) is 3.18. The van der Waals surface area contributed by atoms with Gasteiger partial charge in [-0.15, -0.1) is 0 Å². The van der Waals surface area contributed by atoms with Crippen LogP contribution in [0.15, 0.2) is 49.3 Å². The van der Waals surface area contributed by atoms with Crippen LogP contribution >= 0.6 is 0 Å². The Hall–Kier alpha value is -1.70. The van der Waals surface area contributed by atoms with E-state index >= 15 is 0 Å². The van der Waals surface area contributed by atoms with Crippen LogP contribution < -0.4 is 0 Å². The lowest BCUT2D eigenvalue weighted by molar-refractivity contribution is 0.618. The Balaban J connectivity index is 0.00000121. The van der Waals surface area contributed by atoms with E-state index in [2.05, 4.69) is 13.2 Å². The molecular formula is C15H18F2. The molecule has 0 spiro atoms. The zero-order valence-electron chi connectivity index (χ0n) is 10.6. The van der Waals surface area contributed by atoms with Gasteiger partial charge >= 0.3 is 0 Å². The van der Waals surface area contributed by atoms with Crippen LogP contribution in [0, 0.1) is 12.7 Å². The molecule has 92 valence electrons. The Bertz CT molecular complexity index is 429. The minimum Gasteiger partial charge on any atom is -0.207 e. The molecule has 1 aromatic rings. The lowest BCUT2D eigenvalue weighted by atomic mass is 10.0. The first-order valence-corrected chi connectivity index (χ1v) is 5.50. The minimum absolute atomic E-state index is 0.304. The average molecular weight is 236 g/mol. The summed E-state index contributed by atoms with van der Waals surface area (Å²) in [6.45, 7) is 12.3. The molecule has 0 aliphatic rings. The van der Waals surface area contributed by atoms with Gasteiger partial charge in [0.1, 0.15) is 11.6 Å². The van der Waals surface area contributed by atoms with E-state index in [0.29, 0.717) is 16.7 Å². The fourth-order valence-electron chi connectivity index (χ4n) is 1.27. The summed E-state index contributed by atoms with van der Waals surface area (Å²) in [4.78, 5) is 0. The van der Waals surface area contributed by atoms with Crippen LogP contribution in [-0.4, -0.2) is 0 Å². The van der Waals surface area contributed by atoms with Gasteiger partial charge in [-0.3, -0.25) is 0 Å². The van der Waals surface area contributed by atoms with Gasteiger partial charge < -0.3 is 0 Å². The molecule has 1 aromatic carbocycles. The lowest BCUT2D eigenvalue weighted by Gasteiger charge is -2.05. The fraction of sp³-hybridized carbons (Fsp3) is 0.200. The summed E-state index contributed by atoms with van der Waals surface area (Å²) in [5, 5.41) is 0. The van der Waals surface area contributed by atoms with Crippen molar-refractivity contribution in [3.05, 3.63) is 66.3 Å². The van der Waals surface area contributed by atoms with Crippen LogP contribution in [0.2, 0.25) is 0 Å². The van der Waals surface area contributed by atoms with Gasteiger partial charge in [0.25, 0.3) is 0 Å². The zero-order chi connectivity index (χ0) is 13.4. The summed E-state index contributed by atoms with van der Waals surface area (Å²) in [7, 11) is 0. The van der Waals surface area contributed by atoms with Gasteiger partial charge in [0.15, 0.2) is 0 Å². The van der Waals surface area contributed by atoms with E-state index in [9.17, 15) is 8.78 Å². The van der Waals surface area contributed by atoms with E-state index in [-0.39, 0.29) is 5.82 Å². The molecule has 0 radical (unpaired) electrons. The number of hydrogen-bond acceptors (Lipinski definition) is 0. The van der Waals surface area contributed by atoms with Crippen LogP contribution in [0.1, 0.15) is 25.0 Å². The average Bonchev–Trinajstić information content (AvgIpc) is 2.32. The molecule has 0 heterocycles. The molecule has 0 aromatic heterocycles. The Kier molecular flexibility index (Phi) is 6.80. The first-order valence-electron chi connectivity index (χ1n) is 5.50. The van der Waals surface area contributed by atoms with Crippen LogP contribution in [0.4, 0.5) is 8.78 Å². The first-order chi connectivity index (χ1) is 8.06. The van der Waals surface area contributed by atoms with Gasteiger partial charge in [-0.05, 0) is 30.2 Å². The highest BCUT2D eigenvalue weighted by molar-refractivity contribution is 5.77. The molecule has 0 unspecified atom stereocenters. The van der Waals surface area contributed by atoms with Gasteiger partial charge in [-0.25, -0.2) is 8.78 Å².